The van der Waals surface area contributed by atoms with E-state index in [-0.39, 0.29) is 0 Å². The zero-order valence-corrected chi connectivity index (χ0v) is 8.36. The highest BCUT2D eigenvalue weighted by Gasteiger charge is 2.24. The summed E-state index contributed by atoms with van der Waals surface area (Å²) < 4.78 is 0. The molecular formula is C10H10ClNO2. The zero-order chi connectivity index (χ0) is 10.3. The van der Waals surface area contributed by atoms with Crippen molar-refractivity contribution < 1.29 is 10.2 Å². The van der Waals surface area contributed by atoms with Crippen LogP contribution in [0.4, 0.5) is 0 Å². The maximum absolute atomic E-state index is 9.62. The monoisotopic (exact) mass is 211 g/mol. The molecule has 0 saturated heterocycles. The molecule has 0 amide bonds. The summed E-state index contributed by atoms with van der Waals surface area (Å²) in [7, 11) is 0. The van der Waals surface area contributed by atoms with E-state index in [9.17, 15) is 10.2 Å². The molecular weight excluding hydrogens is 202 g/mol. The van der Waals surface area contributed by atoms with Crippen molar-refractivity contribution in [3.8, 4) is 0 Å². The van der Waals surface area contributed by atoms with Crippen molar-refractivity contribution in [3.63, 3.8) is 0 Å². The molecule has 2 N–H and O–H groups in total. The molecule has 0 radical (unpaired) electrons. The van der Waals surface area contributed by atoms with E-state index < -0.39 is 12.2 Å². The Balaban J connectivity index is 2.58. The molecule has 0 unspecified atom stereocenters. The van der Waals surface area contributed by atoms with Gasteiger partial charge in [0, 0.05) is 0 Å². The van der Waals surface area contributed by atoms with Crippen LogP contribution in [0, 0.1) is 6.92 Å². The third-order valence-corrected chi connectivity index (χ3v) is 2.67. The minimum Gasteiger partial charge on any atom is -0.386 e. The topological polar surface area (TPSA) is 53.4 Å². The van der Waals surface area contributed by atoms with Crippen LogP contribution in [-0.2, 0) is 0 Å². The Labute approximate surface area is 86.7 Å². The van der Waals surface area contributed by atoms with Crippen LogP contribution >= 0.6 is 11.6 Å². The largest absolute Gasteiger partial charge is 0.386 e. The smallest absolute Gasteiger partial charge is 0.132 e. The van der Waals surface area contributed by atoms with E-state index in [1.807, 2.05) is 13.0 Å². The van der Waals surface area contributed by atoms with E-state index in [1.165, 1.54) is 0 Å². The van der Waals surface area contributed by atoms with Crippen LogP contribution in [0.2, 0.25) is 5.15 Å². The lowest BCUT2D eigenvalue weighted by molar-refractivity contribution is 0.0440. The highest BCUT2D eigenvalue weighted by atomic mass is 35.5. The molecule has 1 heterocycles. The SMILES string of the molecule is Cc1cc2c(nc1Cl)[C@@H](O)[C@@H](O)C=C2. The minimum atomic E-state index is -0.979. The number of rotatable bonds is 0. The van der Waals surface area contributed by atoms with Crippen molar-refractivity contribution in [3.05, 3.63) is 34.1 Å². The number of aryl methyl sites for hydroxylation is 1. The van der Waals surface area contributed by atoms with Crippen molar-refractivity contribution in [2.24, 2.45) is 0 Å². The van der Waals surface area contributed by atoms with Crippen LogP contribution in [0.1, 0.15) is 22.9 Å². The second kappa shape index (κ2) is 3.35. The average molecular weight is 212 g/mol. The quantitative estimate of drug-likeness (QED) is 0.639. The third kappa shape index (κ3) is 1.43. The lowest BCUT2D eigenvalue weighted by atomic mass is 9.97. The van der Waals surface area contributed by atoms with Gasteiger partial charge < -0.3 is 10.2 Å². The Kier molecular flexibility index (Phi) is 2.31. The number of halogens is 1. The van der Waals surface area contributed by atoms with Crippen LogP contribution < -0.4 is 0 Å². The Morgan fingerprint density at radius 1 is 1.43 bits per heavy atom. The molecule has 1 aliphatic carbocycles. The number of aromatic nitrogens is 1. The molecule has 1 aliphatic rings. The van der Waals surface area contributed by atoms with Crippen molar-refractivity contribution in [2.75, 3.05) is 0 Å². The fourth-order valence-electron chi connectivity index (χ4n) is 1.46. The molecule has 0 aliphatic heterocycles. The minimum absolute atomic E-state index is 0.366. The van der Waals surface area contributed by atoms with Gasteiger partial charge in [-0.25, -0.2) is 4.98 Å². The summed E-state index contributed by atoms with van der Waals surface area (Å²) in [6.07, 6.45) is 1.41. The van der Waals surface area contributed by atoms with Crippen molar-refractivity contribution >= 4 is 17.7 Å². The van der Waals surface area contributed by atoms with Gasteiger partial charge in [0.15, 0.2) is 0 Å². The van der Waals surface area contributed by atoms with Gasteiger partial charge in [0.05, 0.1) is 5.69 Å². The molecule has 4 heteroatoms. The molecule has 2 atom stereocenters. The first-order valence-corrected chi connectivity index (χ1v) is 4.69. The Hall–Kier alpha value is -0.900. The van der Waals surface area contributed by atoms with Crippen LogP contribution in [0.15, 0.2) is 12.1 Å². The average Bonchev–Trinajstić information content (AvgIpc) is 2.15. The maximum Gasteiger partial charge on any atom is 0.132 e. The predicted octanol–water partition coefficient (Wildman–Crippen LogP) is 1.46. The Morgan fingerprint density at radius 2 is 2.14 bits per heavy atom. The van der Waals surface area contributed by atoms with Crippen LogP contribution in [-0.4, -0.2) is 21.3 Å². The van der Waals surface area contributed by atoms with Crippen molar-refractivity contribution in [1.82, 2.24) is 4.98 Å². The normalized spacial score (nSPS) is 24.9. The molecule has 0 spiro atoms. The van der Waals surface area contributed by atoms with Crippen LogP contribution in [0.5, 0.6) is 0 Å². The number of hydrogen-bond acceptors (Lipinski definition) is 3. The number of hydrogen-bond donors (Lipinski definition) is 2. The maximum atomic E-state index is 9.62. The molecule has 0 bridgehead atoms. The van der Waals surface area contributed by atoms with Crippen LogP contribution in [0.25, 0.3) is 6.08 Å². The van der Waals surface area contributed by atoms with Gasteiger partial charge in [-0.1, -0.05) is 23.8 Å². The molecule has 74 valence electrons. The van der Waals surface area contributed by atoms with Crippen molar-refractivity contribution in [2.45, 2.75) is 19.1 Å². The van der Waals surface area contributed by atoms with E-state index in [0.717, 1.165) is 11.1 Å². The van der Waals surface area contributed by atoms with Gasteiger partial charge in [-0.05, 0) is 24.1 Å². The predicted molar refractivity (Wildman–Crippen MR) is 54.0 cm³/mol. The first-order chi connectivity index (χ1) is 6.59. The van der Waals surface area contributed by atoms with E-state index in [4.69, 9.17) is 11.6 Å². The van der Waals surface area contributed by atoms with Gasteiger partial charge in [-0.3, -0.25) is 0 Å². The summed E-state index contributed by atoms with van der Waals surface area (Å²) in [5.74, 6) is 0. The van der Waals surface area contributed by atoms with Gasteiger partial charge >= 0.3 is 0 Å². The van der Waals surface area contributed by atoms with Crippen LogP contribution in [0.3, 0.4) is 0 Å². The second-order valence-corrected chi connectivity index (χ2v) is 3.72. The van der Waals surface area contributed by atoms with Gasteiger partial charge in [0.2, 0.25) is 0 Å². The highest BCUT2D eigenvalue weighted by molar-refractivity contribution is 6.30. The van der Waals surface area contributed by atoms with Gasteiger partial charge in [-0.15, -0.1) is 0 Å². The fourth-order valence-corrected chi connectivity index (χ4v) is 1.61. The lowest BCUT2D eigenvalue weighted by Gasteiger charge is -2.21. The first kappa shape index (κ1) is 9.65. The van der Waals surface area contributed by atoms with E-state index >= 15 is 0 Å². The summed E-state index contributed by atoms with van der Waals surface area (Å²) in [4.78, 5) is 4.05. The third-order valence-electron chi connectivity index (χ3n) is 2.29. The molecule has 0 fully saturated rings. The zero-order valence-electron chi connectivity index (χ0n) is 7.61. The standard InChI is InChI=1S/C10H10ClNO2/c1-5-4-6-2-3-7(13)9(14)8(6)12-10(5)11/h2-4,7,9,13-14H,1H3/t7-,9-/m0/s1. The summed E-state index contributed by atoms with van der Waals surface area (Å²) in [5.41, 5.74) is 2.11. The molecule has 14 heavy (non-hydrogen) atoms. The molecule has 2 rings (SSSR count). The Morgan fingerprint density at radius 3 is 2.86 bits per heavy atom. The number of aliphatic hydroxyl groups excluding tert-OH is 2. The van der Waals surface area contributed by atoms with Crippen molar-refractivity contribution in [1.29, 1.82) is 0 Å². The first-order valence-electron chi connectivity index (χ1n) is 4.31. The summed E-state index contributed by atoms with van der Waals surface area (Å²) in [5, 5.41) is 19.4. The molecule has 0 saturated carbocycles. The van der Waals surface area contributed by atoms with Gasteiger partial charge in [0.1, 0.15) is 17.4 Å². The molecule has 1 aromatic heterocycles. The Bertz CT molecular complexity index is 403. The van der Waals surface area contributed by atoms with E-state index in [2.05, 4.69) is 4.98 Å². The number of aliphatic hydroxyl groups is 2. The second-order valence-electron chi connectivity index (χ2n) is 3.37. The molecule has 3 nitrogen and oxygen atoms in total. The lowest BCUT2D eigenvalue weighted by Crippen LogP contribution is -2.21. The number of nitrogens with zero attached hydrogens (tertiary/aromatic N) is 1. The van der Waals surface area contributed by atoms with E-state index in [1.54, 1.807) is 12.2 Å². The van der Waals surface area contributed by atoms with E-state index in [0.29, 0.717) is 10.8 Å². The summed E-state index contributed by atoms with van der Waals surface area (Å²) in [6, 6.07) is 1.84. The summed E-state index contributed by atoms with van der Waals surface area (Å²) >= 11 is 5.83. The van der Waals surface area contributed by atoms with Gasteiger partial charge in [-0.2, -0.15) is 0 Å². The van der Waals surface area contributed by atoms with Gasteiger partial charge in [0.25, 0.3) is 0 Å². The fraction of sp³-hybridized carbons (Fsp3) is 0.300. The molecule has 1 aromatic rings. The number of pyridine rings is 1. The highest BCUT2D eigenvalue weighted by Crippen LogP contribution is 2.29. The summed E-state index contributed by atoms with van der Waals surface area (Å²) in [6.45, 7) is 1.85. The number of fused-ring (bicyclic) bond motifs is 1. The molecule has 0 aromatic carbocycles.